The third kappa shape index (κ3) is 14.9. The predicted molar refractivity (Wildman–Crippen MR) is 131 cm³/mol. The molecule has 0 aliphatic rings. The molecule has 0 amide bonds. The number of nitrogens with zero attached hydrogens (tertiary/aromatic N) is 1. The lowest BCUT2D eigenvalue weighted by Crippen LogP contribution is -2.28. The largest absolute Gasteiger partial charge is 0.460 e. The maximum absolute atomic E-state index is 11.2. The van der Waals surface area contributed by atoms with E-state index in [9.17, 15) is 9.59 Å². The fraction of sp³-hybridized carbons (Fsp3) is 0.423. The van der Waals surface area contributed by atoms with E-state index >= 15 is 0 Å². The van der Waals surface area contributed by atoms with Gasteiger partial charge in [-0.2, -0.15) is 0 Å². The van der Waals surface area contributed by atoms with Crippen LogP contribution in [0.4, 0.5) is 0 Å². The molecule has 32 heavy (non-hydrogen) atoms. The molecule has 176 valence electrons. The summed E-state index contributed by atoms with van der Waals surface area (Å²) in [6.07, 6.45) is 5.20. The molecule has 0 radical (unpaired) electrons. The third-order valence-electron chi connectivity index (χ3n) is 4.08. The zero-order valence-electron chi connectivity index (χ0n) is 20.1. The number of carbonyl (C=O) groups excluding carboxylic acids is 2. The minimum atomic E-state index is -0.656. The molecule has 0 fully saturated rings. The first kappa shape index (κ1) is 29.0. The van der Waals surface area contributed by atoms with E-state index in [0.717, 1.165) is 24.0 Å². The number of hydrogen-bond acceptors (Lipinski definition) is 6. The van der Waals surface area contributed by atoms with E-state index in [0.29, 0.717) is 23.6 Å². The number of rotatable bonds is 11. The first-order chi connectivity index (χ1) is 15.0. The van der Waals surface area contributed by atoms with E-state index in [2.05, 4.69) is 32.0 Å². The molecular weight excluding hydrogens is 404 g/mol. The molecule has 0 saturated heterocycles. The van der Waals surface area contributed by atoms with Crippen molar-refractivity contribution < 1.29 is 19.1 Å². The van der Waals surface area contributed by atoms with Gasteiger partial charge in [0.15, 0.2) is 6.23 Å². The molecule has 1 atom stereocenters. The van der Waals surface area contributed by atoms with Gasteiger partial charge in [0, 0.05) is 17.4 Å². The summed E-state index contributed by atoms with van der Waals surface area (Å²) >= 11 is 0. The van der Waals surface area contributed by atoms with Crippen LogP contribution >= 0.6 is 0 Å². The summed E-state index contributed by atoms with van der Waals surface area (Å²) in [7, 11) is 0. The summed E-state index contributed by atoms with van der Waals surface area (Å²) in [6, 6.07) is 9.77. The van der Waals surface area contributed by atoms with Crippen LogP contribution in [0.15, 0.2) is 71.3 Å². The number of nitrogens with two attached hydrogens (primary N) is 1. The standard InChI is InChI=1S/C13H15NO2.C13H23NO2/c1-11(2)13(15)16-9-8-14-10-12-6-4-3-5-7-12;1-9(2)7-6-8-11(5)12(14)16-13(15)10(3)4/h3-7,10H,1,8-9H2,2H3;8-9,12H,3,6-7,14H2,1-2,4-5H3. The van der Waals surface area contributed by atoms with Crippen LogP contribution in [-0.2, 0) is 19.1 Å². The Morgan fingerprint density at radius 2 is 1.66 bits per heavy atom. The van der Waals surface area contributed by atoms with Gasteiger partial charge in [-0.05, 0) is 50.7 Å². The molecule has 1 unspecified atom stereocenters. The molecule has 0 saturated carbocycles. The Kier molecular flexibility index (Phi) is 15.1. The Morgan fingerprint density at radius 3 is 2.19 bits per heavy atom. The molecule has 6 nitrogen and oxygen atoms in total. The van der Waals surface area contributed by atoms with Crippen molar-refractivity contribution in [3.05, 3.63) is 71.8 Å². The van der Waals surface area contributed by atoms with Crippen molar-refractivity contribution in [1.29, 1.82) is 0 Å². The number of allylic oxidation sites excluding steroid dienone is 1. The Labute approximate surface area is 192 Å². The van der Waals surface area contributed by atoms with Crippen molar-refractivity contribution in [1.82, 2.24) is 0 Å². The van der Waals surface area contributed by atoms with Crippen molar-refractivity contribution in [2.75, 3.05) is 13.2 Å². The van der Waals surface area contributed by atoms with Crippen LogP contribution in [0, 0.1) is 5.92 Å². The van der Waals surface area contributed by atoms with Crippen molar-refractivity contribution >= 4 is 18.2 Å². The quantitative estimate of drug-likeness (QED) is 0.130. The fourth-order valence-corrected chi connectivity index (χ4v) is 2.09. The molecular formula is C26H38N2O4. The molecule has 0 bridgehead atoms. The van der Waals surface area contributed by atoms with Crippen molar-refractivity contribution in [2.24, 2.45) is 16.6 Å². The summed E-state index contributed by atoms with van der Waals surface area (Å²) in [5.74, 6) is -0.141. The highest BCUT2D eigenvalue weighted by Crippen LogP contribution is 2.09. The van der Waals surface area contributed by atoms with Crippen LogP contribution in [0.2, 0.25) is 0 Å². The number of esters is 2. The molecule has 0 spiro atoms. The maximum atomic E-state index is 11.2. The summed E-state index contributed by atoms with van der Waals surface area (Å²) in [5.41, 5.74) is 8.42. The zero-order chi connectivity index (χ0) is 24.5. The van der Waals surface area contributed by atoms with Gasteiger partial charge in [-0.1, -0.05) is 63.4 Å². The number of ether oxygens (including phenoxy) is 2. The minimum Gasteiger partial charge on any atom is -0.460 e. The Hall–Kier alpha value is -2.99. The van der Waals surface area contributed by atoms with Gasteiger partial charge in [0.1, 0.15) is 6.61 Å². The Morgan fingerprint density at radius 1 is 1.06 bits per heavy atom. The second kappa shape index (κ2) is 16.7. The van der Waals surface area contributed by atoms with Crippen molar-refractivity contribution in [2.45, 2.75) is 53.7 Å². The minimum absolute atomic E-state index is 0.287. The summed E-state index contributed by atoms with van der Waals surface area (Å²) in [5, 5.41) is 0. The SMILES string of the molecule is C=C(C)C(=O)OC(N)C(C)=CCCC(C)C.C=C(C)C(=O)OCCN=Cc1ccccc1. The number of hydrogen-bond donors (Lipinski definition) is 1. The normalized spacial score (nSPS) is 12.0. The summed E-state index contributed by atoms with van der Waals surface area (Å²) in [6.45, 7) is 17.2. The summed E-state index contributed by atoms with van der Waals surface area (Å²) in [4.78, 5) is 26.4. The molecule has 6 heteroatoms. The second-order valence-corrected chi connectivity index (χ2v) is 7.89. The fourth-order valence-electron chi connectivity index (χ4n) is 2.09. The van der Waals surface area contributed by atoms with E-state index < -0.39 is 12.2 Å². The second-order valence-electron chi connectivity index (χ2n) is 7.89. The van der Waals surface area contributed by atoms with Gasteiger partial charge >= 0.3 is 11.9 Å². The number of benzene rings is 1. The molecule has 0 heterocycles. The first-order valence-electron chi connectivity index (χ1n) is 10.7. The molecule has 0 aliphatic heterocycles. The van der Waals surface area contributed by atoms with Gasteiger partial charge in [0.25, 0.3) is 0 Å². The van der Waals surface area contributed by atoms with E-state index in [1.165, 1.54) is 0 Å². The Balaban J connectivity index is 0.000000601. The van der Waals surface area contributed by atoms with Gasteiger partial charge in [0.2, 0.25) is 0 Å². The number of carbonyl (C=O) groups is 2. The van der Waals surface area contributed by atoms with E-state index in [4.69, 9.17) is 15.2 Å². The monoisotopic (exact) mass is 442 g/mol. The van der Waals surface area contributed by atoms with Crippen LogP contribution in [0.1, 0.15) is 53.0 Å². The van der Waals surface area contributed by atoms with Gasteiger partial charge < -0.3 is 9.47 Å². The molecule has 0 aromatic heterocycles. The molecule has 1 rings (SSSR count). The van der Waals surface area contributed by atoms with Crippen LogP contribution < -0.4 is 5.73 Å². The molecule has 1 aromatic rings. The molecule has 2 N–H and O–H groups in total. The van der Waals surface area contributed by atoms with E-state index in [1.54, 1.807) is 20.1 Å². The first-order valence-corrected chi connectivity index (χ1v) is 10.7. The average molecular weight is 443 g/mol. The van der Waals surface area contributed by atoms with Crippen LogP contribution in [0.25, 0.3) is 0 Å². The van der Waals surface area contributed by atoms with Crippen LogP contribution in [0.5, 0.6) is 0 Å². The predicted octanol–water partition coefficient (Wildman–Crippen LogP) is 5.00. The highest BCUT2D eigenvalue weighted by molar-refractivity contribution is 5.87. The van der Waals surface area contributed by atoms with Crippen LogP contribution in [0.3, 0.4) is 0 Å². The topological polar surface area (TPSA) is 91.0 Å². The average Bonchev–Trinajstić information content (AvgIpc) is 2.73. The van der Waals surface area contributed by atoms with Gasteiger partial charge in [0.05, 0.1) is 6.54 Å². The van der Waals surface area contributed by atoms with Crippen molar-refractivity contribution in [3.8, 4) is 0 Å². The Bertz CT molecular complexity index is 795. The van der Waals surface area contributed by atoms with E-state index in [1.807, 2.05) is 43.3 Å². The van der Waals surface area contributed by atoms with Gasteiger partial charge in [-0.3, -0.25) is 10.7 Å². The maximum Gasteiger partial charge on any atom is 0.334 e. The zero-order valence-corrected chi connectivity index (χ0v) is 20.1. The molecule has 1 aromatic carbocycles. The number of aliphatic imine (C=N–C) groups is 1. The lowest BCUT2D eigenvalue weighted by atomic mass is 10.1. The lowest BCUT2D eigenvalue weighted by Gasteiger charge is -2.14. The van der Waals surface area contributed by atoms with E-state index in [-0.39, 0.29) is 12.6 Å². The van der Waals surface area contributed by atoms with Gasteiger partial charge in [-0.15, -0.1) is 0 Å². The molecule has 0 aliphatic carbocycles. The highest BCUT2D eigenvalue weighted by atomic mass is 16.6. The summed E-state index contributed by atoms with van der Waals surface area (Å²) < 4.78 is 9.89. The highest BCUT2D eigenvalue weighted by Gasteiger charge is 2.11. The lowest BCUT2D eigenvalue weighted by molar-refractivity contribution is -0.142. The third-order valence-corrected chi connectivity index (χ3v) is 4.08. The van der Waals surface area contributed by atoms with Crippen molar-refractivity contribution in [3.63, 3.8) is 0 Å². The van der Waals surface area contributed by atoms with Crippen LogP contribution in [-0.4, -0.2) is 37.5 Å². The smallest absolute Gasteiger partial charge is 0.334 e. The van der Waals surface area contributed by atoms with Gasteiger partial charge in [-0.25, -0.2) is 9.59 Å².